The van der Waals surface area contributed by atoms with Crippen LogP contribution in [0.15, 0.2) is 78.5 Å². The zero-order valence-corrected chi connectivity index (χ0v) is 12.7. The zero-order chi connectivity index (χ0) is 16.5. The van der Waals surface area contributed by atoms with Gasteiger partial charge in [-0.15, -0.1) is 0 Å². The molecule has 0 atom stereocenters. The van der Waals surface area contributed by atoms with Crippen LogP contribution in [0, 0.1) is 0 Å². The van der Waals surface area contributed by atoms with E-state index >= 15 is 0 Å². The normalized spacial score (nSPS) is 14.2. The van der Waals surface area contributed by atoms with Crippen LogP contribution in [0.25, 0.3) is 16.3 Å². The summed E-state index contributed by atoms with van der Waals surface area (Å²) in [5, 5.41) is 7.43. The first-order valence-electron chi connectivity index (χ1n) is 7.64. The lowest BCUT2D eigenvalue weighted by Crippen LogP contribution is -2.24. The van der Waals surface area contributed by atoms with E-state index < -0.39 is 5.91 Å². The number of carbonyl (C=O) groups is 2. The number of hydrogen-bond donors (Lipinski definition) is 2. The van der Waals surface area contributed by atoms with Crippen LogP contribution in [0.5, 0.6) is 0 Å². The molecule has 1 heterocycles. The van der Waals surface area contributed by atoms with E-state index in [2.05, 4.69) is 10.6 Å². The topological polar surface area (TPSA) is 58.2 Å². The monoisotopic (exact) mass is 314 g/mol. The van der Waals surface area contributed by atoms with E-state index in [0.717, 1.165) is 22.0 Å². The summed E-state index contributed by atoms with van der Waals surface area (Å²) < 4.78 is 0. The summed E-state index contributed by atoms with van der Waals surface area (Å²) >= 11 is 0. The third-order valence-corrected chi connectivity index (χ3v) is 4.03. The summed E-state index contributed by atoms with van der Waals surface area (Å²) in [5.74, 6) is -0.790. The number of para-hydroxylation sites is 1. The minimum Gasteiger partial charge on any atom is -0.350 e. The Morgan fingerprint density at radius 1 is 0.708 bits per heavy atom. The van der Waals surface area contributed by atoms with Crippen molar-refractivity contribution in [3.63, 3.8) is 0 Å². The van der Waals surface area contributed by atoms with Crippen LogP contribution in [-0.2, 0) is 9.59 Å². The minimum absolute atomic E-state index is 0.280. The highest BCUT2D eigenvalue weighted by molar-refractivity contribution is 6.38. The molecule has 3 aromatic carbocycles. The Balaban J connectivity index is 1.91. The van der Waals surface area contributed by atoms with E-state index in [-0.39, 0.29) is 11.6 Å². The van der Waals surface area contributed by atoms with Crippen LogP contribution in [0.2, 0.25) is 0 Å². The summed E-state index contributed by atoms with van der Waals surface area (Å²) in [6, 6.07) is 22.9. The Bertz CT molecular complexity index is 985. The standard InChI is InChI=1S/C20H14N2O2/c23-19-17(16-12-6-8-13-7-4-5-11-15(13)16)18(20(24)22-19)21-14-9-2-1-3-10-14/h1-12H,(H2,21,22,23,24). The minimum atomic E-state index is -0.410. The number of carbonyl (C=O) groups excluding carboxylic acids is 2. The Labute approximate surface area is 138 Å². The zero-order valence-electron chi connectivity index (χ0n) is 12.7. The fourth-order valence-corrected chi connectivity index (χ4v) is 2.94. The summed E-state index contributed by atoms with van der Waals surface area (Å²) in [6.07, 6.45) is 0. The first kappa shape index (κ1) is 14.2. The lowest BCUT2D eigenvalue weighted by atomic mass is 9.97. The van der Waals surface area contributed by atoms with Gasteiger partial charge >= 0.3 is 0 Å². The van der Waals surface area contributed by atoms with Crippen LogP contribution >= 0.6 is 0 Å². The van der Waals surface area contributed by atoms with Crippen molar-refractivity contribution >= 4 is 33.8 Å². The van der Waals surface area contributed by atoms with E-state index in [1.807, 2.05) is 72.8 Å². The van der Waals surface area contributed by atoms with Crippen LogP contribution in [0.4, 0.5) is 5.69 Å². The smallest absolute Gasteiger partial charge is 0.275 e. The van der Waals surface area contributed by atoms with E-state index in [1.165, 1.54) is 0 Å². The molecule has 2 N–H and O–H groups in total. The number of imide groups is 1. The third kappa shape index (κ3) is 2.34. The molecule has 4 nitrogen and oxygen atoms in total. The second-order valence-corrected chi connectivity index (χ2v) is 5.55. The third-order valence-electron chi connectivity index (χ3n) is 4.03. The summed E-state index contributed by atoms with van der Waals surface area (Å²) in [5.41, 5.74) is 2.16. The van der Waals surface area contributed by atoms with Gasteiger partial charge in [-0.1, -0.05) is 60.7 Å². The average Bonchev–Trinajstić information content (AvgIpc) is 2.89. The molecule has 0 aliphatic carbocycles. The van der Waals surface area contributed by atoms with Crippen molar-refractivity contribution < 1.29 is 9.59 Å². The molecule has 0 aromatic heterocycles. The van der Waals surface area contributed by atoms with Crippen LogP contribution in [0.3, 0.4) is 0 Å². The number of rotatable bonds is 3. The maximum atomic E-state index is 12.4. The van der Waals surface area contributed by atoms with Gasteiger partial charge in [0.15, 0.2) is 0 Å². The Morgan fingerprint density at radius 3 is 2.25 bits per heavy atom. The number of fused-ring (bicyclic) bond motifs is 1. The number of hydrogen-bond acceptors (Lipinski definition) is 3. The van der Waals surface area contributed by atoms with Crippen molar-refractivity contribution in [1.29, 1.82) is 0 Å². The molecule has 0 fully saturated rings. The molecule has 0 radical (unpaired) electrons. The predicted molar refractivity (Wildman–Crippen MR) is 94.1 cm³/mol. The maximum absolute atomic E-state index is 12.4. The number of nitrogens with one attached hydrogen (secondary N) is 2. The second kappa shape index (κ2) is 5.66. The molecule has 1 aliphatic heterocycles. The highest BCUT2D eigenvalue weighted by Gasteiger charge is 2.32. The Kier molecular flexibility index (Phi) is 3.35. The molecule has 0 bridgehead atoms. The van der Waals surface area contributed by atoms with Gasteiger partial charge in [0.2, 0.25) is 0 Å². The van der Waals surface area contributed by atoms with Crippen LogP contribution < -0.4 is 10.6 Å². The summed E-state index contributed by atoms with van der Waals surface area (Å²) in [6.45, 7) is 0. The molecule has 4 heteroatoms. The van der Waals surface area contributed by atoms with Crippen LogP contribution in [-0.4, -0.2) is 11.8 Å². The maximum Gasteiger partial charge on any atom is 0.275 e. The van der Waals surface area contributed by atoms with E-state index in [4.69, 9.17) is 0 Å². The lowest BCUT2D eigenvalue weighted by molar-refractivity contribution is -0.123. The Morgan fingerprint density at radius 2 is 1.42 bits per heavy atom. The SMILES string of the molecule is O=C1NC(=O)C(c2cccc3ccccc23)=C1Nc1ccccc1. The summed E-state index contributed by atoms with van der Waals surface area (Å²) in [4.78, 5) is 24.7. The molecule has 4 rings (SSSR count). The molecule has 0 spiro atoms. The van der Waals surface area contributed by atoms with Crippen molar-refractivity contribution in [1.82, 2.24) is 5.32 Å². The quantitative estimate of drug-likeness (QED) is 0.729. The fourth-order valence-electron chi connectivity index (χ4n) is 2.94. The van der Waals surface area contributed by atoms with Gasteiger partial charge in [-0.3, -0.25) is 14.9 Å². The molecule has 2 amide bonds. The Hall–Kier alpha value is -3.40. The number of amides is 2. The van der Waals surface area contributed by atoms with Crippen LogP contribution in [0.1, 0.15) is 5.56 Å². The van der Waals surface area contributed by atoms with Gasteiger partial charge in [-0.2, -0.15) is 0 Å². The highest BCUT2D eigenvalue weighted by atomic mass is 16.2. The molecule has 116 valence electrons. The molecule has 1 aliphatic rings. The van der Waals surface area contributed by atoms with Crippen molar-refractivity contribution in [2.75, 3.05) is 5.32 Å². The van der Waals surface area contributed by atoms with Gasteiger partial charge in [-0.25, -0.2) is 0 Å². The second-order valence-electron chi connectivity index (χ2n) is 5.55. The van der Waals surface area contributed by atoms with E-state index in [0.29, 0.717) is 5.57 Å². The fraction of sp³-hybridized carbons (Fsp3) is 0. The van der Waals surface area contributed by atoms with E-state index in [9.17, 15) is 9.59 Å². The van der Waals surface area contributed by atoms with Crippen molar-refractivity contribution in [2.45, 2.75) is 0 Å². The molecule has 0 saturated carbocycles. The number of anilines is 1. The largest absolute Gasteiger partial charge is 0.350 e. The van der Waals surface area contributed by atoms with Gasteiger partial charge in [0, 0.05) is 5.69 Å². The molecular formula is C20H14N2O2. The van der Waals surface area contributed by atoms with Crippen molar-refractivity contribution in [2.24, 2.45) is 0 Å². The van der Waals surface area contributed by atoms with Gasteiger partial charge in [0.25, 0.3) is 11.8 Å². The van der Waals surface area contributed by atoms with E-state index in [1.54, 1.807) is 0 Å². The van der Waals surface area contributed by atoms with Gasteiger partial charge < -0.3 is 5.32 Å². The molecule has 3 aromatic rings. The van der Waals surface area contributed by atoms with Gasteiger partial charge in [0.1, 0.15) is 5.70 Å². The first-order valence-corrected chi connectivity index (χ1v) is 7.64. The molecule has 24 heavy (non-hydrogen) atoms. The first-order chi connectivity index (χ1) is 11.7. The van der Waals surface area contributed by atoms with Gasteiger partial charge in [0.05, 0.1) is 5.57 Å². The molecular weight excluding hydrogens is 300 g/mol. The number of benzene rings is 3. The lowest BCUT2D eigenvalue weighted by Gasteiger charge is -2.10. The average molecular weight is 314 g/mol. The molecule has 0 unspecified atom stereocenters. The summed E-state index contributed by atoms with van der Waals surface area (Å²) in [7, 11) is 0. The van der Waals surface area contributed by atoms with Crippen molar-refractivity contribution in [3.05, 3.63) is 84.1 Å². The molecule has 0 saturated heterocycles. The van der Waals surface area contributed by atoms with Gasteiger partial charge in [-0.05, 0) is 28.5 Å². The predicted octanol–water partition coefficient (Wildman–Crippen LogP) is 3.32. The highest BCUT2D eigenvalue weighted by Crippen LogP contribution is 2.30. The van der Waals surface area contributed by atoms with Crippen molar-refractivity contribution in [3.8, 4) is 0 Å².